The Bertz CT molecular complexity index is 145. The van der Waals surface area contributed by atoms with Gasteiger partial charge in [-0.1, -0.05) is 32.6 Å². The molecule has 0 aliphatic carbocycles. The van der Waals surface area contributed by atoms with Crippen molar-refractivity contribution in [2.24, 2.45) is 0 Å². The first-order valence-corrected chi connectivity index (χ1v) is 5.48. The molecule has 0 saturated carbocycles. The van der Waals surface area contributed by atoms with Crippen molar-refractivity contribution in [3.63, 3.8) is 0 Å². The van der Waals surface area contributed by atoms with E-state index < -0.39 is 0 Å². The van der Waals surface area contributed by atoms with Crippen LogP contribution in [0.5, 0.6) is 0 Å². The van der Waals surface area contributed by atoms with Crippen LogP contribution in [-0.2, 0) is 9.53 Å². The summed E-state index contributed by atoms with van der Waals surface area (Å²) in [5, 5.41) is 9.47. The van der Waals surface area contributed by atoms with E-state index in [1.807, 2.05) is 0 Å². The van der Waals surface area contributed by atoms with Crippen LogP contribution in [-0.4, -0.2) is 23.8 Å². The third-order valence-electron chi connectivity index (χ3n) is 2.15. The fourth-order valence-corrected chi connectivity index (χ4v) is 1.29. The zero-order valence-corrected chi connectivity index (χ0v) is 9.29. The fraction of sp³-hybridized carbons (Fsp3) is 0.909. The van der Waals surface area contributed by atoms with E-state index in [4.69, 9.17) is 4.74 Å². The van der Waals surface area contributed by atoms with Crippen LogP contribution in [0.2, 0.25) is 0 Å². The average Bonchev–Trinajstić information content (AvgIpc) is 2.12. The van der Waals surface area contributed by atoms with Crippen molar-refractivity contribution in [1.29, 1.82) is 0 Å². The lowest BCUT2D eigenvalue weighted by Crippen LogP contribution is -2.11. The van der Waals surface area contributed by atoms with Crippen molar-refractivity contribution in [2.75, 3.05) is 6.61 Å². The van der Waals surface area contributed by atoms with E-state index in [0.717, 1.165) is 12.8 Å². The largest absolute Gasteiger partial charge is 0.466 e. The molecule has 0 radical (unpaired) electrons. The number of rotatable bonds is 8. The predicted octanol–water partition coefficient (Wildman–Crippen LogP) is 2.27. The van der Waals surface area contributed by atoms with Crippen LogP contribution in [0, 0.1) is 0 Å². The summed E-state index contributed by atoms with van der Waals surface area (Å²) in [6.07, 6.45) is 5.76. The minimum atomic E-state index is -0.314. The molecule has 1 atom stereocenters. The van der Waals surface area contributed by atoms with E-state index in [2.05, 4.69) is 6.92 Å². The average molecular weight is 202 g/mol. The normalized spacial score (nSPS) is 12.5. The lowest BCUT2D eigenvalue weighted by Gasteiger charge is -2.09. The molecule has 0 aromatic rings. The summed E-state index contributed by atoms with van der Waals surface area (Å²) in [6, 6.07) is 0. The summed E-state index contributed by atoms with van der Waals surface area (Å²) in [5.41, 5.74) is 0. The molecule has 84 valence electrons. The van der Waals surface area contributed by atoms with Gasteiger partial charge in [0.25, 0.3) is 0 Å². The van der Waals surface area contributed by atoms with Crippen LogP contribution in [0.4, 0.5) is 0 Å². The van der Waals surface area contributed by atoms with Gasteiger partial charge < -0.3 is 9.84 Å². The molecule has 0 aromatic carbocycles. The van der Waals surface area contributed by atoms with Crippen LogP contribution in [0.1, 0.15) is 52.4 Å². The van der Waals surface area contributed by atoms with Gasteiger partial charge in [0.15, 0.2) is 0 Å². The van der Waals surface area contributed by atoms with Gasteiger partial charge in [-0.15, -0.1) is 0 Å². The molecule has 0 fully saturated rings. The Kier molecular flexibility index (Phi) is 8.64. The Morgan fingerprint density at radius 1 is 1.29 bits per heavy atom. The molecule has 0 bridgehead atoms. The molecule has 0 aliphatic rings. The third-order valence-corrected chi connectivity index (χ3v) is 2.15. The van der Waals surface area contributed by atoms with Gasteiger partial charge >= 0.3 is 5.97 Å². The Morgan fingerprint density at radius 2 is 2.00 bits per heavy atom. The van der Waals surface area contributed by atoms with Gasteiger partial charge in [0, 0.05) is 13.3 Å². The number of unbranched alkanes of at least 4 members (excludes halogenated alkanes) is 3. The molecule has 0 unspecified atom stereocenters. The SMILES string of the molecule is CCCCCC[C@H](O)CCOC(C)=O. The van der Waals surface area contributed by atoms with Gasteiger partial charge in [-0.05, 0) is 6.42 Å². The van der Waals surface area contributed by atoms with E-state index in [1.165, 1.54) is 26.2 Å². The van der Waals surface area contributed by atoms with Crippen molar-refractivity contribution < 1.29 is 14.6 Å². The minimum absolute atomic E-state index is 0.275. The molecule has 0 spiro atoms. The van der Waals surface area contributed by atoms with Gasteiger partial charge in [-0.2, -0.15) is 0 Å². The highest BCUT2D eigenvalue weighted by Crippen LogP contribution is 2.07. The summed E-state index contributed by atoms with van der Waals surface area (Å²) in [6.45, 7) is 3.88. The molecular formula is C11H22O3. The zero-order valence-electron chi connectivity index (χ0n) is 9.29. The molecule has 0 amide bonds. The van der Waals surface area contributed by atoms with E-state index in [-0.39, 0.29) is 12.1 Å². The topological polar surface area (TPSA) is 46.5 Å². The van der Waals surface area contributed by atoms with Crippen molar-refractivity contribution in [2.45, 2.75) is 58.5 Å². The van der Waals surface area contributed by atoms with E-state index >= 15 is 0 Å². The predicted molar refractivity (Wildman–Crippen MR) is 56.0 cm³/mol. The molecule has 0 rings (SSSR count). The smallest absolute Gasteiger partial charge is 0.302 e. The van der Waals surface area contributed by atoms with Gasteiger partial charge in [0.05, 0.1) is 12.7 Å². The molecule has 14 heavy (non-hydrogen) atoms. The number of hydrogen-bond acceptors (Lipinski definition) is 3. The van der Waals surface area contributed by atoms with Crippen LogP contribution in [0.15, 0.2) is 0 Å². The first-order valence-electron chi connectivity index (χ1n) is 5.48. The Balaban J connectivity index is 3.19. The molecule has 0 saturated heterocycles. The highest BCUT2D eigenvalue weighted by atomic mass is 16.5. The van der Waals surface area contributed by atoms with Crippen LogP contribution < -0.4 is 0 Å². The van der Waals surface area contributed by atoms with Crippen LogP contribution in [0.3, 0.4) is 0 Å². The highest BCUT2D eigenvalue weighted by molar-refractivity contribution is 5.65. The summed E-state index contributed by atoms with van der Waals surface area (Å²) in [4.78, 5) is 10.4. The number of hydrogen-bond donors (Lipinski definition) is 1. The van der Waals surface area contributed by atoms with Gasteiger partial charge in [-0.3, -0.25) is 4.79 Å². The summed E-state index contributed by atoms with van der Waals surface area (Å²) < 4.78 is 4.74. The molecule has 0 heterocycles. The van der Waals surface area contributed by atoms with Crippen LogP contribution >= 0.6 is 0 Å². The first-order chi connectivity index (χ1) is 6.66. The summed E-state index contributed by atoms with van der Waals surface area (Å²) in [5.74, 6) is -0.275. The van der Waals surface area contributed by atoms with Crippen LogP contribution in [0.25, 0.3) is 0 Å². The first kappa shape index (κ1) is 13.4. The Hall–Kier alpha value is -0.570. The Labute approximate surface area is 86.5 Å². The lowest BCUT2D eigenvalue weighted by molar-refractivity contribution is -0.141. The highest BCUT2D eigenvalue weighted by Gasteiger charge is 2.04. The van der Waals surface area contributed by atoms with Crippen molar-refractivity contribution >= 4 is 5.97 Å². The molecule has 3 nitrogen and oxygen atoms in total. The molecule has 3 heteroatoms. The maximum Gasteiger partial charge on any atom is 0.302 e. The van der Waals surface area contributed by atoms with E-state index in [1.54, 1.807) is 0 Å². The number of aliphatic hydroxyl groups excluding tert-OH is 1. The second-order valence-corrected chi connectivity index (χ2v) is 3.63. The zero-order chi connectivity index (χ0) is 10.8. The van der Waals surface area contributed by atoms with Gasteiger partial charge in [0.1, 0.15) is 0 Å². The molecular weight excluding hydrogens is 180 g/mol. The maximum absolute atomic E-state index is 10.4. The molecule has 0 aliphatic heterocycles. The quantitative estimate of drug-likeness (QED) is 0.485. The van der Waals surface area contributed by atoms with Crippen molar-refractivity contribution in [1.82, 2.24) is 0 Å². The Morgan fingerprint density at radius 3 is 2.57 bits per heavy atom. The summed E-state index contributed by atoms with van der Waals surface area (Å²) >= 11 is 0. The summed E-state index contributed by atoms with van der Waals surface area (Å²) in [7, 11) is 0. The van der Waals surface area contributed by atoms with Gasteiger partial charge in [0.2, 0.25) is 0 Å². The number of carbonyl (C=O) groups excluding carboxylic acids is 1. The van der Waals surface area contributed by atoms with E-state index in [0.29, 0.717) is 13.0 Å². The standard InChI is InChI=1S/C11H22O3/c1-3-4-5-6-7-11(13)8-9-14-10(2)12/h11,13H,3-9H2,1-2H3/t11-/m0/s1. The number of esters is 1. The fourth-order valence-electron chi connectivity index (χ4n) is 1.29. The van der Waals surface area contributed by atoms with Crippen molar-refractivity contribution in [3.8, 4) is 0 Å². The number of carbonyl (C=O) groups is 1. The molecule has 1 N–H and O–H groups in total. The number of aliphatic hydroxyl groups is 1. The van der Waals surface area contributed by atoms with E-state index in [9.17, 15) is 9.90 Å². The molecule has 0 aromatic heterocycles. The maximum atomic E-state index is 10.4. The lowest BCUT2D eigenvalue weighted by atomic mass is 10.1. The third kappa shape index (κ3) is 9.52. The van der Waals surface area contributed by atoms with Crippen molar-refractivity contribution in [3.05, 3.63) is 0 Å². The second-order valence-electron chi connectivity index (χ2n) is 3.63. The monoisotopic (exact) mass is 202 g/mol. The van der Waals surface area contributed by atoms with Gasteiger partial charge in [-0.25, -0.2) is 0 Å². The number of ether oxygens (including phenoxy) is 1. The second kappa shape index (κ2) is 9.00. The minimum Gasteiger partial charge on any atom is -0.466 e.